The van der Waals surface area contributed by atoms with Crippen molar-refractivity contribution in [3.05, 3.63) is 16.5 Å². The highest BCUT2D eigenvalue weighted by molar-refractivity contribution is 9.10. The van der Waals surface area contributed by atoms with E-state index in [1.165, 1.54) is 6.07 Å². The number of aliphatic hydroxyl groups excluding tert-OH is 1. The first-order chi connectivity index (χ1) is 9.03. The summed E-state index contributed by atoms with van der Waals surface area (Å²) in [5.74, 6) is 0.504. The van der Waals surface area contributed by atoms with Gasteiger partial charge in [0.15, 0.2) is 4.67 Å². The van der Waals surface area contributed by atoms with Crippen molar-refractivity contribution < 1.29 is 22.7 Å². The van der Waals surface area contributed by atoms with Crippen molar-refractivity contribution >= 4 is 26.0 Å². The molecule has 6 nitrogen and oxygen atoms in total. The molecule has 2 heterocycles. The van der Waals surface area contributed by atoms with Gasteiger partial charge in [0.2, 0.25) is 10.0 Å². The van der Waals surface area contributed by atoms with Gasteiger partial charge in [0.05, 0.1) is 0 Å². The minimum atomic E-state index is -3.62. The van der Waals surface area contributed by atoms with Gasteiger partial charge >= 0.3 is 0 Å². The number of hydrogen-bond acceptors (Lipinski definition) is 5. The average Bonchev–Trinajstić information content (AvgIpc) is 2.80. The van der Waals surface area contributed by atoms with Crippen LogP contribution in [-0.4, -0.2) is 33.3 Å². The van der Waals surface area contributed by atoms with Crippen molar-refractivity contribution in [1.29, 1.82) is 0 Å². The quantitative estimate of drug-likeness (QED) is 0.831. The Labute approximate surface area is 120 Å². The fraction of sp³-hybridized carbons (Fsp3) is 0.636. The summed E-state index contributed by atoms with van der Waals surface area (Å²) in [6.45, 7) is 1.40. The van der Waals surface area contributed by atoms with Gasteiger partial charge in [-0.05, 0) is 34.7 Å². The van der Waals surface area contributed by atoms with Crippen LogP contribution in [0.5, 0.6) is 0 Å². The number of furan rings is 1. The van der Waals surface area contributed by atoms with Crippen LogP contribution in [0.4, 0.5) is 0 Å². The van der Waals surface area contributed by atoms with E-state index in [2.05, 4.69) is 20.7 Å². The maximum absolute atomic E-state index is 12.1. The van der Waals surface area contributed by atoms with E-state index in [1.807, 2.05) is 0 Å². The molecular weight excluding hydrogens is 338 g/mol. The fourth-order valence-corrected chi connectivity index (χ4v) is 4.03. The SMILES string of the molecule is O=S(=O)(NCC1CCOCC1)c1cc(CO)oc1Br. The summed E-state index contributed by atoms with van der Waals surface area (Å²) in [4.78, 5) is 0.0172. The summed E-state index contributed by atoms with van der Waals surface area (Å²) < 4.78 is 37.2. The molecule has 108 valence electrons. The van der Waals surface area contributed by atoms with Crippen LogP contribution < -0.4 is 4.72 Å². The lowest BCUT2D eigenvalue weighted by molar-refractivity contribution is 0.0678. The van der Waals surface area contributed by atoms with Gasteiger partial charge in [-0.1, -0.05) is 0 Å². The molecule has 0 unspecified atom stereocenters. The Balaban J connectivity index is 2.02. The van der Waals surface area contributed by atoms with Gasteiger partial charge in [-0.25, -0.2) is 13.1 Å². The molecule has 19 heavy (non-hydrogen) atoms. The Kier molecular flexibility index (Phi) is 5.02. The van der Waals surface area contributed by atoms with Crippen molar-refractivity contribution in [3.8, 4) is 0 Å². The summed E-state index contributed by atoms with van der Waals surface area (Å²) in [5.41, 5.74) is 0. The highest BCUT2D eigenvalue weighted by Gasteiger charge is 2.24. The van der Waals surface area contributed by atoms with E-state index in [4.69, 9.17) is 14.3 Å². The molecule has 0 amide bonds. The average molecular weight is 354 g/mol. The van der Waals surface area contributed by atoms with E-state index in [0.29, 0.717) is 25.7 Å². The third-order valence-electron chi connectivity index (χ3n) is 3.05. The molecule has 0 atom stereocenters. The number of nitrogens with one attached hydrogen (secondary N) is 1. The molecule has 0 radical (unpaired) electrons. The van der Waals surface area contributed by atoms with Crippen LogP contribution in [0.15, 0.2) is 20.0 Å². The zero-order valence-corrected chi connectivity index (χ0v) is 12.7. The molecule has 0 bridgehead atoms. The van der Waals surface area contributed by atoms with E-state index in [1.54, 1.807) is 0 Å². The smallest absolute Gasteiger partial charge is 0.244 e. The lowest BCUT2D eigenvalue weighted by atomic mass is 10.0. The summed E-state index contributed by atoms with van der Waals surface area (Å²) in [6.07, 6.45) is 1.72. The zero-order valence-electron chi connectivity index (χ0n) is 10.3. The highest BCUT2D eigenvalue weighted by Crippen LogP contribution is 2.26. The number of halogens is 1. The van der Waals surface area contributed by atoms with Crippen molar-refractivity contribution in [1.82, 2.24) is 4.72 Å². The molecule has 1 saturated heterocycles. The number of rotatable bonds is 5. The summed E-state index contributed by atoms with van der Waals surface area (Å²) in [7, 11) is -3.62. The number of hydrogen-bond donors (Lipinski definition) is 2. The predicted octanol–water partition coefficient (Wildman–Crippen LogP) is 1.24. The Hall–Kier alpha value is -0.410. The van der Waals surface area contributed by atoms with Gasteiger partial charge in [-0.2, -0.15) is 0 Å². The first kappa shape index (κ1) is 15.0. The van der Waals surface area contributed by atoms with E-state index in [-0.39, 0.29) is 21.9 Å². The summed E-state index contributed by atoms with van der Waals surface area (Å²) in [5, 5.41) is 8.93. The summed E-state index contributed by atoms with van der Waals surface area (Å²) in [6, 6.07) is 1.32. The molecular formula is C11H16BrNO5S. The van der Waals surface area contributed by atoms with E-state index >= 15 is 0 Å². The number of ether oxygens (including phenoxy) is 1. The van der Waals surface area contributed by atoms with Gasteiger partial charge in [-0.3, -0.25) is 0 Å². The van der Waals surface area contributed by atoms with Gasteiger partial charge < -0.3 is 14.3 Å². The van der Waals surface area contributed by atoms with Crippen LogP contribution >= 0.6 is 15.9 Å². The third kappa shape index (κ3) is 3.79. The monoisotopic (exact) mass is 353 g/mol. The topological polar surface area (TPSA) is 88.8 Å². The molecule has 0 aliphatic carbocycles. The minimum absolute atomic E-state index is 0.0172. The van der Waals surface area contributed by atoms with Crippen LogP contribution in [0.2, 0.25) is 0 Å². The van der Waals surface area contributed by atoms with E-state index < -0.39 is 10.0 Å². The predicted molar refractivity (Wildman–Crippen MR) is 71.1 cm³/mol. The van der Waals surface area contributed by atoms with Crippen LogP contribution in [-0.2, 0) is 21.4 Å². The second-order valence-corrected chi connectivity index (χ2v) is 6.87. The zero-order chi connectivity index (χ0) is 13.9. The maximum Gasteiger partial charge on any atom is 0.244 e. The van der Waals surface area contributed by atoms with Gasteiger partial charge in [0.1, 0.15) is 17.3 Å². The standard InChI is InChI=1S/C11H16BrNO5S/c12-11-10(5-9(7-14)18-11)19(15,16)13-6-8-1-3-17-4-2-8/h5,8,13-14H,1-4,6-7H2. The minimum Gasteiger partial charge on any atom is -0.450 e. The molecule has 2 N–H and O–H groups in total. The molecule has 8 heteroatoms. The normalized spacial score (nSPS) is 17.8. The highest BCUT2D eigenvalue weighted by atomic mass is 79.9. The molecule has 0 saturated carbocycles. The van der Waals surface area contributed by atoms with E-state index in [0.717, 1.165) is 12.8 Å². The largest absolute Gasteiger partial charge is 0.450 e. The van der Waals surface area contributed by atoms with E-state index in [9.17, 15) is 8.42 Å². The second kappa shape index (κ2) is 6.36. The van der Waals surface area contributed by atoms with Crippen molar-refractivity contribution in [2.45, 2.75) is 24.3 Å². The number of sulfonamides is 1. The molecule has 1 aliphatic rings. The fourth-order valence-electron chi connectivity index (χ4n) is 1.91. The van der Waals surface area contributed by atoms with Crippen LogP contribution in [0.25, 0.3) is 0 Å². The Morgan fingerprint density at radius 3 is 2.68 bits per heavy atom. The third-order valence-corrected chi connectivity index (χ3v) is 5.34. The molecule has 1 aromatic heterocycles. The maximum atomic E-state index is 12.1. The Morgan fingerprint density at radius 1 is 1.42 bits per heavy atom. The number of aliphatic hydroxyl groups is 1. The van der Waals surface area contributed by atoms with Gasteiger partial charge in [0.25, 0.3) is 0 Å². The molecule has 1 fully saturated rings. The lowest BCUT2D eigenvalue weighted by Gasteiger charge is -2.21. The summed E-state index contributed by atoms with van der Waals surface area (Å²) >= 11 is 3.04. The Bertz CT molecular complexity index is 521. The first-order valence-electron chi connectivity index (χ1n) is 5.99. The van der Waals surface area contributed by atoms with Crippen molar-refractivity contribution in [2.75, 3.05) is 19.8 Å². The first-order valence-corrected chi connectivity index (χ1v) is 8.27. The van der Waals surface area contributed by atoms with Crippen LogP contribution in [0, 0.1) is 5.92 Å². The van der Waals surface area contributed by atoms with Crippen molar-refractivity contribution in [2.24, 2.45) is 5.92 Å². The Morgan fingerprint density at radius 2 is 2.11 bits per heavy atom. The molecule has 1 aromatic rings. The van der Waals surface area contributed by atoms with Gasteiger partial charge in [0, 0.05) is 25.8 Å². The molecule has 1 aliphatic heterocycles. The van der Waals surface area contributed by atoms with Crippen LogP contribution in [0.1, 0.15) is 18.6 Å². The second-order valence-electron chi connectivity index (χ2n) is 4.42. The van der Waals surface area contributed by atoms with Gasteiger partial charge in [-0.15, -0.1) is 0 Å². The van der Waals surface area contributed by atoms with Crippen molar-refractivity contribution in [3.63, 3.8) is 0 Å². The molecule has 0 aromatic carbocycles. The molecule has 2 rings (SSSR count). The lowest BCUT2D eigenvalue weighted by Crippen LogP contribution is -2.32. The molecule has 0 spiro atoms. The van der Waals surface area contributed by atoms with Crippen LogP contribution in [0.3, 0.4) is 0 Å².